The van der Waals surface area contributed by atoms with Crippen LogP contribution < -0.4 is 5.32 Å². The molecule has 0 fully saturated rings. The van der Waals surface area contributed by atoms with Crippen LogP contribution in [-0.2, 0) is 9.53 Å². The maximum atomic E-state index is 14.7. The van der Waals surface area contributed by atoms with E-state index < -0.39 is 40.8 Å². The Labute approximate surface area is 209 Å². The van der Waals surface area contributed by atoms with Crippen molar-refractivity contribution in [2.24, 2.45) is 4.99 Å². The average molecular weight is 530 g/mol. The first-order chi connectivity index (χ1) is 17.2. The molecule has 0 spiro atoms. The van der Waals surface area contributed by atoms with Crippen LogP contribution in [0.4, 0.5) is 17.6 Å². The van der Waals surface area contributed by atoms with E-state index in [0.717, 1.165) is 12.1 Å². The molecule has 3 N–H and O–H groups in total. The average Bonchev–Trinajstić information content (AvgIpc) is 2.78. The van der Waals surface area contributed by atoms with E-state index in [9.17, 15) is 32.6 Å². The van der Waals surface area contributed by atoms with Gasteiger partial charge in [-0.1, -0.05) is 17.7 Å². The Morgan fingerprint density at radius 1 is 1.08 bits per heavy atom. The second kappa shape index (κ2) is 12.3. The van der Waals surface area contributed by atoms with Gasteiger partial charge in [-0.15, -0.1) is 0 Å². The molecule has 1 atom stereocenters. The molecule has 0 saturated carbocycles. The van der Waals surface area contributed by atoms with Crippen LogP contribution in [0.2, 0.25) is 5.02 Å². The number of nitrogens with one attached hydrogen (secondary N) is 1. The summed E-state index contributed by atoms with van der Waals surface area (Å²) < 4.78 is 61.9. The highest BCUT2D eigenvalue weighted by molar-refractivity contribution is 6.31. The normalized spacial score (nSPS) is 15.7. The lowest BCUT2D eigenvalue weighted by Gasteiger charge is -2.31. The SMILES string of the molecule is CCOC(=O)C1=C(CN(CCO)CCO)NC(c2c(F)cc(F)cc2F)=NC1c1ccc(F)cc1Cl. The van der Waals surface area contributed by atoms with Crippen LogP contribution in [-0.4, -0.2) is 66.4 Å². The van der Waals surface area contributed by atoms with Crippen molar-refractivity contribution < 1.29 is 37.3 Å². The van der Waals surface area contributed by atoms with E-state index >= 15 is 0 Å². The summed E-state index contributed by atoms with van der Waals surface area (Å²) in [5, 5.41) is 21.5. The molecular formula is C24H24ClF4N3O4. The van der Waals surface area contributed by atoms with Gasteiger partial charge in [-0.25, -0.2) is 22.4 Å². The van der Waals surface area contributed by atoms with E-state index in [2.05, 4.69) is 10.3 Å². The molecule has 12 heteroatoms. The summed E-state index contributed by atoms with van der Waals surface area (Å²) in [6.07, 6.45) is 0. The molecule has 36 heavy (non-hydrogen) atoms. The van der Waals surface area contributed by atoms with E-state index in [1.807, 2.05) is 0 Å². The summed E-state index contributed by atoms with van der Waals surface area (Å²) in [6, 6.07) is 3.05. The van der Waals surface area contributed by atoms with E-state index in [-0.39, 0.29) is 67.1 Å². The highest BCUT2D eigenvalue weighted by Gasteiger charge is 2.35. The maximum Gasteiger partial charge on any atom is 0.338 e. The van der Waals surface area contributed by atoms with Crippen LogP contribution in [0.25, 0.3) is 0 Å². The standard InChI is InChI=1S/C24H24ClF4N3O4/c1-2-36-24(35)21-19(12-32(5-7-33)6-8-34)30-23(20-17(28)10-14(27)11-18(20)29)31-22(21)15-4-3-13(26)9-16(15)25/h3-4,9-11,22,33-34H,2,5-8,12H2,1H3,(H,30,31). The lowest BCUT2D eigenvalue weighted by Crippen LogP contribution is -2.41. The fourth-order valence-corrected chi connectivity index (χ4v) is 4.06. The Morgan fingerprint density at radius 3 is 2.28 bits per heavy atom. The van der Waals surface area contributed by atoms with E-state index in [1.165, 1.54) is 6.07 Å². The minimum absolute atomic E-state index is 0.00569. The van der Waals surface area contributed by atoms with E-state index in [0.29, 0.717) is 12.1 Å². The maximum absolute atomic E-state index is 14.7. The number of carbonyl (C=O) groups is 1. The molecule has 1 aliphatic heterocycles. The number of aliphatic imine (C=N–C) groups is 1. The molecule has 3 rings (SSSR count). The lowest BCUT2D eigenvalue weighted by molar-refractivity contribution is -0.139. The summed E-state index contributed by atoms with van der Waals surface area (Å²) in [5.74, 6) is -5.47. The number of aliphatic hydroxyl groups excluding tert-OH is 2. The van der Waals surface area contributed by atoms with Crippen molar-refractivity contribution in [3.63, 3.8) is 0 Å². The number of esters is 1. The Balaban J connectivity index is 2.25. The van der Waals surface area contributed by atoms with Gasteiger partial charge in [0.05, 0.1) is 31.0 Å². The first kappa shape index (κ1) is 27.6. The van der Waals surface area contributed by atoms with Crippen molar-refractivity contribution in [3.8, 4) is 0 Å². The zero-order valence-electron chi connectivity index (χ0n) is 19.2. The Kier molecular flexibility index (Phi) is 9.43. The van der Waals surface area contributed by atoms with Gasteiger partial charge in [0, 0.05) is 48.1 Å². The number of halogens is 5. The molecule has 2 aromatic rings. The van der Waals surface area contributed by atoms with Crippen LogP contribution in [0.3, 0.4) is 0 Å². The van der Waals surface area contributed by atoms with Gasteiger partial charge in [0.1, 0.15) is 35.1 Å². The molecule has 0 aromatic heterocycles. The van der Waals surface area contributed by atoms with E-state index in [1.54, 1.807) is 11.8 Å². The molecule has 0 aliphatic carbocycles. The minimum atomic E-state index is -1.28. The van der Waals surface area contributed by atoms with Crippen LogP contribution >= 0.6 is 11.6 Å². The van der Waals surface area contributed by atoms with Crippen molar-refractivity contribution in [2.75, 3.05) is 39.5 Å². The molecule has 0 radical (unpaired) electrons. The molecule has 1 aliphatic rings. The number of aliphatic hydroxyl groups is 2. The molecular weight excluding hydrogens is 506 g/mol. The van der Waals surface area contributed by atoms with Crippen LogP contribution in [0.15, 0.2) is 46.6 Å². The van der Waals surface area contributed by atoms with Gasteiger partial charge in [-0.2, -0.15) is 0 Å². The zero-order valence-corrected chi connectivity index (χ0v) is 20.0. The Bertz CT molecular complexity index is 1160. The van der Waals surface area contributed by atoms with Crippen molar-refractivity contribution in [3.05, 3.63) is 81.0 Å². The van der Waals surface area contributed by atoms with Crippen molar-refractivity contribution in [1.82, 2.24) is 10.2 Å². The number of ether oxygens (including phenoxy) is 1. The lowest BCUT2D eigenvalue weighted by atomic mass is 9.94. The molecule has 0 amide bonds. The number of hydrogen-bond donors (Lipinski definition) is 3. The third-order valence-corrected chi connectivity index (χ3v) is 5.66. The van der Waals surface area contributed by atoms with Gasteiger partial charge >= 0.3 is 5.97 Å². The second-order valence-corrected chi connectivity index (χ2v) is 8.16. The summed E-state index contributed by atoms with van der Waals surface area (Å²) >= 11 is 6.26. The van der Waals surface area contributed by atoms with Gasteiger partial charge in [0.15, 0.2) is 0 Å². The summed E-state index contributed by atoms with van der Waals surface area (Å²) in [7, 11) is 0. The summed E-state index contributed by atoms with van der Waals surface area (Å²) in [5.41, 5.74) is -0.515. The largest absolute Gasteiger partial charge is 0.463 e. The quantitative estimate of drug-likeness (QED) is 0.323. The number of rotatable bonds is 10. The van der Waals surface area contributed by atoms with Gasteiger partial charge in [0.2, 0.25) is 0 Å². The molecule has 0 saturated heterocycles. The zero-order chi connectivity index (χ0) is 26.4. The molecule has 1 heterocycles. The molecule has 2 aromatic carbocycles. The van der Waals surface area contributed by atoms with Gasteiger partial charge in [-0.05, 0) is 19.1 Å². The van der Waals surface area contributed by atoms with Crippen molar-refractivity contribution in [1.29, 1.82) is 0 Å². The fourth-order valence-electron chi connectivity index (χ4n) is 3.79. The smallest absolute Gasteiger partial charge is 0.338 e. The highest BCUT2D eigenvalue weighted by Crippen LogP contribution is 2.37. The molecule has 194 valence electrons. The topological polar surface area (TPSA) is 94.4 Å². The summed E-state index contributed by atoms with van der Waals surface area (Å²) in [6.45, 7) is 1.10. The number of hydrogen-bond acceptors (Lipinski definition) is 7. The number of carbonyl (C=O) groups excluding carboxylic acids is 1. The Morgan fingerprint density at radius 2 is 1.72 bits per heavy atom. The minimum Gasteiger partial charge on any atom is -0.463 e. The predicted octanol–water partition coefficient (Wildman–Crippen LogP) is 3.09. The van der Waals surface area contributed by atoms with E-state index in [4.69, 9.17) is 16.3 Å². The van der Waals surface area contributed by atoms with Crippen molar-refractivity contribution >= 4 is 23.4 Å². The highest BCUT2D eigenvalue weighted by atomic mass is 35.5. The van der Waals surface area contributed by atoms with Crippen LogP contribution in [0.5, 0.6) is 0 Å². The first-order valence-electron chi connectivity index (χ1n) is 11.0. The third-order valence-electron chi connectivity index (χ3n) is 5.34. The summed E-state index contributed by atoms with van der Waals surface area (Å²) in [4.78, 5) is 19.0. The number of benzene rings is 2. The number of nitrogens with zero attached hydrogens (tertiary/aromatic N) is 2. The van der Waals surface area contributed by atoms with Crippen LogP contribution in [0.1, 0.15) is 24.1 Å². The number of amidine groups is 1. The fraction of sp³-hybridized carbons (Fsp3) is 0.333. The molecule has 1 unspecified atom stereocenters. The Hall–Kier alpha value is -2.99. The van der Waals surface area contributed by atoms with Gasteiger partial charge in [0.25, 0.3) is 0 Å². The van der Waals surface area contributed by atoms with Crippen molar-refractivity contribution in [2.45, 2.75) is 13.0 Å². The van der Waals surface area contributed by atoms with Crippen LogP contribution in [0, 0.1) is 23.3 Å². The van der Waals surface area contributed by atoms with Gasteiger partial charge < -0.3 is 20.3 Å². The second-order valence-electron chi connectivity index (χ2n) is 7.75. The predicted molar refractivity (Wildman–Crippen MR) is 124 cm³/mol. The molecule has 7 nitrogen and oxygen atoms in total. The monoisotopic (exact) mass is 529 g/mol. The first-order valence-corrected chi connectivity index (χ1v) is 11.4. The third kappa shape index (κ3) is 6.22. The van der Waals surface area contributed by atoms with Gasteiger partial charge in [-0.3, -0.25) is 9.89 Å². The molecule has 0 bridgehead atoms.